The summed E-state index contributed by atoms with van der Waals surface area (Å²) >= 11 is 0. The molecule has 0 spiro atoms. The van der Waals surface area contributed by atoms with Gasteiger partial charge in [0.25, 0.3) is 0 Å². The minimum Gasteiger partial charge on any atom is -0.309 e. The van der Waals surface area contributed by atoms with Gasteiger partial charge in [-0.2, -0.15) is 0 Å². The third-order valence-corrected chi connectivity index (χ3v) is 1.49. The summed E-state index contributed by atoms with van der Waals surface area (Å²) in [7, 11) is 0. The van der Waals surface area contributed by atoms with Gasteiger partial charge in [-0.15, -0.1) is 0 Å². The van der Waals surface area contributed by atoms with Gasteiger partial charge in [-0.1, -0.05) is 19.8 Å². The van der Waals surface area contributed by atoms with Crippen molar-refractivity contribution in [2.75, 3.05) is 0 Å². The highest BCUT2D eigenvalue weighted by atomic mass is 16.5. The number of rotatable bonds is 4. The Hall–Kier alpha value is -0.610. The van der Waals surface area contributed by atoms with Crippen LogP contribution in [0.15, 0.2) is 0 Å². The predicted molar refractivity (Wildman–Crippen MR) is 41.8 cm³/mol. The van der Waals surface area contributed by atoms with E-state index in [9.17, 15) is 4.79 Å². The van der Waals surface area contributed by atoms with E-state index in [4.69, 9.17) is 10.9 Å². The zero-order chi connectivity index (χ0) is 8.85. The SMILES string of the molecule is CCCCC(N)N(O)C(C)=O. The first-order valence-electron chi connectivity index (χ1n) is 3.83. The van der Waals surface area contributed by atoms with Gasteiger partial charge in [-0.05, 0) is 6.42 Å². The summed E-state index contributed by atoms with van der Waals surface area (Å²) in [6.45, 7) is 3.31. The second-order valence-electron chi connectivity index (χ2n) is 2.57. The molecule has 4 nitrogen and oxygen atoms in total. The number of nitrogens with two attached hydrogens (primary N) is 1. The van der Waals surface area contributed by atoms with Gasteiger partial charge < -0.3 is 5.73 Å². The van der Waals surface area contributed by atoms with E-state index in [0.29, 0.717) is 11.5 Å². The number of unbranched alkanes of at least 4 members (excludes halogenated alkanes) is 1. The summed E-state index contributed by atoms with van der Waals surface area (Å²) in [5, 5.41) is 9.56. The van der Waals surface area contributed by atoms with E-state index in [2.05, 4.69) is 0 Å². The average Bonchev–Trinajstić information content (AvgIpc) is 1.98. The van der Waals surface area contributed by atoms with Gasteiger partial charge in [0.15, 0.2) is 0 Å². The van der Waals surface area contributed by atoms with Crippen molar-refractivity contribution in [3.8, 4) is 0 Å². The number of hydroxylamine groups is 2. The molecule has 66 valence electrons. The van der Waals surface area contributed by atoms with Crippen molar-refractivity contribution >= 4 is 5.91 Å². The highest BCUT2D eigenvalue weighted by Crippen LogP contribution is 2.01. The standard InChI is InChI=1S/C7H16N2O2/c1-3-4-5-7(8)9(11)6(2)10/h7,11H,3-5,8H2,1-2H3. The number of hydrogen-bond donors (Lipinski definition) is 2. The molecule has 0 heterocycles. The van der Waals surface area contributed by atoms with Gasteiger partial charge in [0, 0.05) is 6.92 Å². The lowest BCUT2D eigenvalue weighted by Crippen LogP contribution is -2.42. The topological polar surface area (TPSA) is 66.6 Å². The predicted octanol–water partition coefficient (Wildman–Crippen LogP) is 0.699. The van der Waals surface area contributed by atoms with Crippen molar-refractivity contribution < 1.29 is 10.0 Å². The first kappa shape index (κ1) is 10.4. The Morgan fingerprint density at radius 1 is 1.73 bits per heavy atom. The molecule has 0 rings (SSSR count). The van der Waals surface area contributed by atoms with E-state index in [-0.39, 0.29) is 0 Å². The van der Waals surface area contributed by atoms with Crippen molar-refractivity contribution in [3.05, 3.63) is 0 Å². The van der Waals surface area contributed by atoms with Crippen LogP contribution >= 0.6 is 0 Å². The van der Waals surface area contributed by atoms with E-state index < -0.39 is 12.1 Å². The van der Waals surface area contributed by atoms with Crippen LogP contribution in [-0.2, 0) is 4.79 Å². The van der Waals surface area contributed by atoms with Crippen LogP contribution in [-0.4, -0.2) is 22.3 Å². The molecule has 0 saturated carbocycles. The molecular formula is C7H16N2O2. The zero-order valence-corrected chi connectivity index (χ0v) is 7.08. The molecule has 0 aromatic heterocycles. The quantitative estimate of drug-likeness (QED) is 0.361. The van der Waals surface area contributed by atoms with Crippen molar-refractivity contribution in [2.24, 2.45) is 5.73 Å². The lowest BCUT2D eigenvalue weighted by atomic mass is 10.2. The molecule has 1 atom stereocenters. The lowest BCUT2D eigenvalue weighted by molar-refractivity contribution is -0.173. The highest BCUT2D eigenvalue weighted by molar-refractivity contribution is 5.72. The molecule has 3 N–H and O–H groups in total. The number of hydrogen-bond acceptors (Lipinski definition) is 3. The molecule has 4 heteroatoms. The molecule has 1 amide bonds. The second kappa shape index (κ2) is 5.09. The van der Waals surface area contributed by atoms with Crippen LogP contribution in [0.5, 0.6) is 0 Å². The minimum absolute atomic E-state index is 0.409. The number of nitrogens with zero attached hydrogens (tertiary/aromatic N) is 1. The molecule has 0 aromatic rings. The smallest absolute Gasteiger partial charge is 0.244 e. The number of amides is 1. The van der Waals surface area contributed by atoms with Crippen LogP contribution in [0.25, 0.3) is 0 Å². The fraction of sp³-hybridized carbons (Fsp3) is 0.857. The van der Waals surface area contributed by atoms with Gasteiger partial charge >= 0.3 is 0 Å². The van der Waals surface area contributed by atoms with E-state index >= 15 is 0 Å². The Labute approximate surface area is 66.9 Å². The minimum atomic E-state index is -0.549. The van der Waals surface area contributed by atoms with E-state index in [1.165, 1.54) is 6.92 Å². The Kier molecular flexibility index (Phi) is 4.81. The second-order valence-corrected chi connectivity index (χ2v) is 2.57. The van der Waals surface area contributed by atoms with E-state index in [1.807, 2.05) is 6.92 Å². The normalized spacial score (nSPS) is 12.7. The van der Waals surface area contributed by atoms with Crippen molar-refractivity contribution in [1.29, 1.82) is 0 Å². The maximum atomic E-state index is 10.5. The Bertz CT molecular complexity index is 128. The summed E-state index contributed by atoms with van der Waals surface area (Å²) < 4.78 is 0. The molecule has 0 aliphatic carbocycles. The summed E-state index contributed by atoms with van der Waals surface area (Å²) in [5.74, 6) is -0.409. The molecule has 11 heavy (non-hydrogen) atoms. The highest BCUT2D eigenvalue weighted by Gasteiger charge is 2.12. The van der Waals surface area contributed by atoms with Crippen molar-refractivity contribution in [1.82, 2.24) is 5.06 Å². The summed E-state index contributed by atoms with van der Waals surface area (Å²) in [4.78, 5) is 10.5. The molecule has 0 bridgehead atoms. The van der Waals surface area contributed by atoms with Gasteiger partial charge in [-0.25, -0.2) is 5.06 Å². The van der Waals surface area contributed by atoms with Crippen LogP contribution in [0, 0.1) is 0 Å². The molecule has 1 unspecified atom stereocenters. The molecule has 0 fully saturated rings. The monoisotopic (exact) mass is 160 g/mol. The Balaban J connectivity index is 3.63. The van der Waals surface area contributed by atoms with E-state index in [0.717, 1.165) is 12.8 Å². The lowest BCUT2D eigenvalue weighted by Gasteiger charge is -2.20. The maximum Gasteiger partial charge on any atom is 0.244 e. The van der Waals surface area contributed by atoms with Crippen LogP contribution in [0.4, 0.5) is 0 Å². The summed E-state index contributed by atoms with van der Waals surface area (Å²) in [5.41, 5.74) is 5.46. The molecule has 0 saturated heterocycles. The fourth-order valence-electron chi connectivity index (χ4n) is 0.769. The molecule has 0 aliphatic heterocycles. The summed E-state index contributed by atoms with van der Waals surface area (Å²) in [6.07, 6.45) is 2.03. The van der Waals surface area contributed by atoms with Crippen LogP contribution < -0.4 is 5.73 Å². The third-order valence-electron chi connectivity index (χ3n) is 1.49. The number of carbonyl (C=O) groups is 1. The summed E-state index contributed by atoms with van der Waals surface area (Å²) in [6, 6.07) is 0. The van der Waals surface area contributed by atoms with Gasteiger partial charge in [0.05, 0.1) is 0 Å². The van der Waals surface area contributed by atoms with Crippen LogP contribution in [0.3, 0.4) is 0 Å². The largest absolute Gasteiger partial charge is 0.309 e. The molecule has 0 aromatic carbocycles. The van der Waals surface area contributed by atoms with Crippen LogP contribution in [0.2, 0.25) is 0 Å². The molecule has 0 radical (unpaired) electrons. The first-order chi connectivity index (χ1) is 5.09. The fourth-order valence-corrected chi connectivity index (χ4v) is 0.769. The van der Waals surface area contributed by atoms with E-state index in [1.54, 1.807) is 0 Å². The Morgan fingerprint density at radius 3 is 2.64 bits per heavy atom. The van der Waals surface area contributed by atoms with Crippen LogP contribution in [0.1, 0.15) is 33.1 Å². The Morgan fingerprint density at radius 2 is 2.27 bits per heavy atom. The third kappa shape index (κ3) is 3.95. The zero-order valence-electron chi connectivity index (χ0n) is 7.08. The maximum absolute atomic E-state index is 10.5. The van der Waals surface area contributed by atoms with Crippen molar-refractivity contribution in [3.63, 3.8) is 0 Å². The van der Waals surface area contributed by atoms with Crippen molar-refractivity contribution in [2.45, 2.75) is 39.3 Å². The average molecular weight is 160 g/mol. The first-order valence-corrected chi connectivity index (χ1v) is 3.83. The molecular weight excluding hydrogens is 144 g/mol. The molecule has 0 aliphatic rings. The van der Waals surface area contributed by atoms with Gasteiger partial charge in [-0.3, -0.25) is 10.0 Å². The van der Waals surface area contributed by atoms with Gasteiger partial charge in [0.2, 0.25) is 5.91 Å². The number of carbonyl (C=O) groups excluding carboxylic acids is 1. The van der Waals surface area contributed by atoms with Gasteiger partial charge in [0.1, 0.15) is 6.17 Å².